The number of nitrogens with zero attached hydrogens (tertiary/aromatic N) is 3. The Bertz CT molecular complexity index is 819. The van der Waals surface area contributed by atoms with E-state index in [1.165, 1.54) is 19.4 Å². The van der Waals surface area contributed by atoms with E-state index in [9.17, 15) is 4.79 Å². The lowest BCUT2D eigenvalue weighted by Gasteiger charge is -2.34. The van der Waals surface area contributed by atoms with Crippen LogP contribution in [0.25, 0.3) is 6.08 Å². The summed E-state index contributed by atoms with van der Waals surface area (Å²) < 4.78 is 5.76. The van der Waals surface area contributed by atoms with E-state index in [1.807, 2.05) is 47.5 Å². The van der Waals surface area contributed by atoms with Gasteiger partial charge in [-0.25, -0.2) is 4.98 Å². The zero-order valence-corrected chi connectivity index (χ0v) is 17.2. The zero-order chi connectivity index (χ0) is 19.3. The Morgan fingerprint density at radius 3 is 2.61 bits per heavy atom. The Kier molecular flexibility index (Phi) is 6.07. The molecule has 148 valence electrons. The maximum atomic E-state index is 12.4. The Morgan fingerprint density at radius 1 is 1.21 bits per heavy atom. The molecule has 1 aliphatic heterocycles. The maximum Gasteiger partial charge on any atom is 0.246 e. The van der Waals surface area contributed by atoms with Crippen LogP contribution in [0.3, 0.4) is 0 Å². The van der Waals surface area contributed by atoms with Gasteiger partial charge < -0.3 is 9.64 Å². The SMILES string of the molecule is Cc1nc(COc2ccc(/C=C/C(=O)N3CCN(CC4CC4)CC3)cc2)cs1. The molecule has 1 aliphatic carbocycles. The Labute approximate surface area is 170 Å². The van der Waals surface area contributed by atoms with E-state index in [0.29, 0.717) is 6.61 Å². The molecule has 0 radical (unpaired) electrons. The van der Waals surface area contributed by atoms with Gasteiger partial charge in [0.15, 0.2) is 0 Å². The average Bonchev–Trinajstić information content (AvgIpc) is 3.44. The highest BCUT2D eigenvalue weighted by molar-refractivity contribution is 7.09. The number of carbonyl (C=O) groups excluding carboxylic acids is 1. The molecule has 0 unspecified atom stereocenters. The number of hydrogen-bond acceptors (Lipinski definition) is 5. The van der Waals surface area contributed by atoms with Crippen LogP contribution in [0, 0.1) is 12.8 Å². The number of piperazine rings is 1. The second-order valence-electron chi connectivity index (χ2n) is 7.62. The summed E-state index contributed by atoms with van der Waals surface area (Å²) in [5.74, 6) is 1.82. The van der Waals surface area contributed by atoms with Gasteiger partial charge in [0.05, 0.1) is 10.7 Å². The summed E-state index contributed by atoms with van der Waals surface area (Å²) in [7, 11) is 0. The van der Waals surface area contributed by atoms with E-state index in [-0.39, 0.29) is 5.91 Å². The maximum absolute atomic E-state index is 12.4. The third kappa shape index (κ3) is 5.42. The number of thiazole rings is 1. The lowest BCUT2D eigenvalue weighted by molar-refractivity contribution is -0.127. The van der Waals surface area contributed by atoms with Crippen molar-refractivity contribution in [1.82, 2.24) is 14.8 Å². The first-order valence-electron chi connectivity index (χ1n) is 9.99. The fourth-order valence-electron chi connectivity index (χ4n) is 3.40. The van der Waals surface area contributed by atoms with Crippen molar-refractivity contribution in [3.05, 3.63) is 52.0 Å². The van der Waals surface area contributed by atoms with Gasteiger partial charge in [-0.2, -0.15) is 0 Å². The van der Waals surface area contributed by atoms with Crippen LogP contribution in [0.5, 0.6) is 5.75 Å². The number of ether oxygens (including phenoxy) is 1. The highest BCUT2D eigenvalue weighted by atomic mass is 32.1. The molecule has 4 rings (SSSR count). The Hall–Kier alpha value is -2.18. The van der Waals surface area contributed by atoms with E-state index >= 15 is 0 Å². The van der Waals surface area contributed by atoms with Gasteiger partial charge >= 0.3 is 0 Å². The predicted octanol–water partition coefficient (Wildman–Crippen LogP) is 3.60. The summed E-state index contributed by atoms with van der Waals surface area (Å²) >= 11 is 1.63. The minimum Gasteiger partial charge on any atom is -0.487 e. The highest BCUT2D eigenvalue weighted by Crippen LogP contribution is 2.29. The minimum atomic E-state index is 0.102. The lowest BCUT2D eigenvalue weighted by Crippen LogP contribution is -2.48. The van der Waals surface area contributed by atoms with Crippen molar-refractivity contribution in [3.8, 4) is 5.75 Å². The molecule has 2 fully saturated rings. The second kappa shape index (κ2) is 8.88. The standard InChI is InChI=1S/C22H27N3O2S/c1-17-23-20(16-28-17)15-27-21-7-4-18(5-8-21)6-9-22(26)25-12-10-24(11-13-25)14-19-2-3-19/h4-9,16,19H,2-3,10-15H2,1H3/b9-6+. The summed E-state index contributed by atoms with van der Waals surface area (Å²) in [5, 5.41) is 3.07. The predicted molar refractivity (Wildman–Crippen MR) is 112 cm³/mol. The Morgan fingerprint density at radius 2 is 1.96 bits per heavy atom. The number of amides is 1. The smallest absolute Gasteiger partial charge is 0.246 e. The molecule has 0 N–H and O–H groups in total. The topological polar surface area (TPSA) is 45.7 Å². The van der Waals surface area contributed by atoms with Crippen molar-refractivity contribution in [3.63, 3.8) is 0 Å². The van der Waals surface area contributed by atoms with Gasteiger partial charge in [0.2, 0.25) is 5.91 Å². The van der Waals surface area contributed by atoms with Crippen LogP contribution in [0.1, 0.15) is 29.1 Å². The monoisotopic (exact) mass is 397 g/mol. The molecular formula is C22H27N3O2S. The third-order valence-corrected chi connectivity index (χ3v) is 6.07. The number of benzene rings is 1. The number of hydrogen-bond donors (Lipinski definition) is 0. The summed E-state index contributed by atoms with van der Waals surface area (Å²) in [6, 6.07) is 7.80. The Balaban J connectivity index is 1.23. The van der Waals surface area contributed by atoms with E-state index < -0.39 is 0 Å². The van der Waals surface area contributed by atoms with Crippen molar-refractivity contribution >= 4 is 23.3 Å². The molecule has 1 amide bonds. The first-order chi connectivity index (χ1) is 13.7. The van der Waals surface area contributed by atoms with Crippen LogP contribution < -0.4 is 4.74 Å². The van der Waals surface area contributed by atoms with Crippen LogP contribution in [0.4, 0.5) is 0 Å². The molecule has 6 heteroatoms. The molecule has 2 aromatic rings. The first-order valence-corrected chi connectivity index (χ1v) is 10.9. The van der Waals surface area contributed by atoms with Crippen LogP contribution in [-0.4, -0.2) is 53.4 Å². The number of carbonyl (C=O) groups is 1. The van der Waals surface area contributed by atoms with E-state index in [4.69, 9.17) is 4.74 Å². The summed E-state index contributed by atoms with van der Waals surface area (Å²) in [6.45, 7) is 7.35. The van der Waals surface area contributed by atoms with Crippen LogP contribution >= 0.6 is 11.3 Å². The number of rotatable bonds is 7. The normalized spacial score (nSPS) is 18.0. The largest absolute Gasteiger partial charge is 0.487 e. The van der Waals surface area contributed by atoms with Crippen molar-refractivity contribution in [2.45, 2.75) is 26.4 Å². The fourth-order valence-corrected chi connectivity index (χ4v) is 3.99. The molecule has 1 aromatic heterocycles. The van der Waals surface area contributed by atoms with Crippen LogP contribution in [-0.2, 0) is 11.4 Å². The van der Waals surface area contributed by atoms with Gasteiger partial charge in [0.1, 0.15) is 12.4 Å². The zero-order valence-electron chi connectivity index (χ0n) is 16.3. The van der Waals surface area contributed by atoms with Crippen molar-refractivity contribution in [2.24, 2.45) is 5.92 Å². The molecule has 1 saturated carbocycles. The lowest BCUT2D eigenvalue weighted by atomic mass is 10.2. The third-order valence-electron chi connectivity index (χ3n) is 5.25. The number of aryl methyl sites for hydroxylation is 1. The van der Waals surface area contributed by atoms with Crippen molar-refractivity contribution < 1.29 is 9.53 Å². The summed E-state index contributed by atoms with van der Waals surface area (Å²) in [6.07, 6.45) is 6.34. The van der Waals surface area contributed by atoms with Crippen molar-refractivity contribution in [2.75, 3.05) is 32.7 Å². The van der Waals surface area contributed by atoms with E-state index in [2.05, 4.69) is 9.88 Å². The molecule has 0 atom stereocenters. The molecule has 5 nitrogen and oxygen atoms in total. The second-order valence-corrected chi connectivity index (χ2v) is 8.68. The minimum absolute atomic E-state index is 0.102. The molecule has 0 bridgehead atoms. The molecular weight excluding hydrogens is 370 g/mol. The summed E-state index contributed by atoms with van der Waals surface area (Å²) in [4.78, 5) is 21.3. The fraction of sp³-hybridized carbons (Fsp3) is 0.455. The first kappa shape index (κ1) is 19.2. The van der Waals surface area contributed by atoms with Gasteiger partial charge in [-0.05, 0) is 49.5 Å². The highest BCUT2D eigenvalue weighted by Gasteiger charge is 2.27. The molecule has 1 saturated heterocycles. The molecule has 28 heavy (non-hydrogen) atoms. The van der Waals surface area contributed by atoms with Crippen LogP contribution in [0.2, 0.25) is 0 Å². The van der Waals surface area contributed by atoms with Gasteiger partial charge in [-0.3, -0.25) is 9.69 Å². The van der Waals surface area contributed by atoms with Gasteiger partial charge in [-0.15, -0.1) is 11.3 Å². The van der Waals surface area contributed by atoms with Gasteiger partial charge in [0, 0.05) is 44.2 Å². The number of aromatic nitrogens is 1. The van der Waals surface area contributed by atoms with E-state index in [1.54, 1.807) is 17.4 Å². The molecule has 1 aromatic carbocycles. The average molecular weight is 398 g/mol. The quantitative estimate of drug-likeness (QED) is 0.670. The molecule has 2 aliphatic rings. The molecule has 2 heterocycles. The molecule has 0 spiro atoms. The van der Waals surface area contributed by atoms with Gasteiger partial charge in [-0.1, -0.05) is 12.1 Å². The van der Waals surface area contributed by atoms with Crippen molar-refractivity contribution in [1.29, 1.82) is 0 Å². The summed E-state index contributed by atoms with van der Waals surface area (Å²) in [5.41, 5.74) is 1.95. The van der Waals surface area contributed by atoms with E-state index in [0.717, 1.165) is 54.1 Å². The van der Waals surface area contributed by atoms with Crippen LogP contribution in [0.15, 0.2) is 35.7 Å². The van der Waals surface area contributed by atoms with Gasteiger partial charge in [0.25, 0.3) is 0 Å².